The zero-order valence-electron chi connectivity index (χ0n) is 57.5. The van der Waals surface area contributed by atoms with Crippen molar-refractivity contribution in [3.05, 3.63) is 340 Å². The molecule has 8 aromatic heterocycles. The first-order chi connectivity index (χ1) is 53.5. The summed E-state index contributed by atoms with van der Waals surface area (Å²) in [6.45, 7) is 0. The van der Waals surface area contributed by atoms with E-state index in [1.165, 1.54) is 25.6 Å². The van der Waals surface area contributed by atoms with Crippen molar-refractivity contribution < 1.29 is 13.3 Å². The predicted molar refractivity (Wildman–Crippen MR) is 441 cm³/mol. The average Bonchev–Trinajstić information content (AvgIpc) is 1.58. The van der Waals surface area contributed by atoms with Crippen molar-refractivity contribution in [2.24, 2.45) is 0 Å². The average molecular weight is 1400 g/mol. The van der Waals surface area contributed by atoms with Crippen molar-refractivity contribution >= 4 is 141 Å². The van der Waals surface area contributed by atoms with Gasteiger partial charge in [0.2, 0.25) is 5.95 Å². The Hall–Kier alpha value is -14.5. The molecule has 15 aromatic carbocycles. The molecule has 0 amide bonds. The number of benzene rings is 15. The van der Waals surface area contributed by atoms with Crippen LogP contribution in [0.5, 0.6) is 0 Å². The molecule has 0 fully saturated rings. The Balaban J connectivity index is 0.000000135. The van der Waals surface area contributed by atoms with Crippen LogP contribution in [0.3, 0.4) is 0 Å². The van der Waals surface area contributed by atoms with E-state index >= 15 is 0 Å². The van der Waals surface area contributed by atoms with Crippen LogP contribution < -0.4 is 0 Å². The highest BCUT2D eigenvalue weighted by atomic mass is 32.1. The van der Waals surface area contributed by atoms with Crippen LogP contribution in [-0.4, -0.2) is 39.0 Å². The van der Waals surface area contributed by atoms with Crippen molar-refractivity contribution in [3.63, 3.8) is 0 Å². The summed E-state index contributed by atoms with van der Waals surface area (Å²) in [7, 11) is 0. The number of thiophene rings is 1. The summed E-state index contributed by atoms with van der Waals surface area (Å²) >= 11 is 1.78. The van der Waals surface area contributed by atoms with Crippen molar-refractivity contribution in [3.8, 4) is 90.8 Å². The second-order valence-electron chi connectivity index (χ2n) is 27.2. The van der Waals surface area contributed by atoms with Gasteiger partial charge in [-0.15, -0.1) is 11.3 Å². The molecule has 0 bridgehead atoms. The van der Waals surface area contributed by atoms with E-state index in [1.807, 2.05) is 103 Å². The summed E-state index contributed by atoms with van der Waals surface area (Å²) in [4.78, 5) is 30.9. The van der Waals surface area contributed by atoms with Crippen LogP contribution in [0.25, 0.3) is 220 Å². The zero-order chi connectivity index (χ0) is 70.9. The molecule has 0 saturated carbocycles. The smallest absolute Gasteiger partial charge is 0.238 e. The SMILES string of the molecule is c1ccc(-c2nc(-c3cccc(-n4c5ccccc5c5cc(-c6cccc7c6oc6ccccc67)ccc54)c3)nc(-c3cccc4oc5ccccc5c34)n2)cc1.c1ccc(-c2nc(-c3cccc4c3sc3ccccc34)nc(-n3c4ccccc4c4cc(-c5cccc6c5oc5ccccc56)ccc43)n2)cc1. The fourth-order valence-corrected chi connectivity index (χ4v) is 17.2. The number of fused-ring (bicyclic) bond motifs is 18. The number of aromatic nitrogens is 8. The summed E-state index contributed by atoms with van der Waals surface area (Å²) in [6, 6.07) is 118. The van der Waals surface area contributed by atoms with Gasteiger partial charge in [0.15, 0.2) is 29.1 Å². The number of rotatable bonds is 9. The lowest BCUT2D eigenvalue weighted by molar-refractivity contribution is 0.669. The number of para-hydroxylation sites is 7. The molecule has 0 saturated heterocycles. The Labute approximate surface area is 619 Å². The predicted octanol–water partition coefficient (Wildman–Crippen LogP) is 25.7. The molecule has 0 N–H and O–H groups in total. The van der Waals surface area contributed by atoms with Gasteiger partial charge in [-0.3, -0.25) is 4.57 Å². The molecular weight excluding hydrogens is 1350 g/mol. The van der Waals surface area contributed by atoms with E-state index in [-0.39, 0.29) is 0 Å². The van der Waals surface area contributed by atoms with Crippen molar-refractivity contribution in [2.45, 2.75) is 0 Å². The van der Waals surface area contributed by atoms with Crippen LogP contribution >= 0.6 is 11.3 Å². The fourth-order valence-electron chi connectivity index (χ4n) is 16.0. The number of hydrogen-bond acceptors (Lipinski definition) is 10. The Kier molecular flexibility index (Phi) is 13.9. The van der Waals surface area contributed by atoms with Gasteiger partial charge in [0.05, 0.1) is 22.1 Å². The zero-order valence-corrected chi connectivity index (χ0v) is 58.4. The Morgan fingerprint density at radius 1 is 0.231 bits per heavy atom. The largest absolute Gasteiger partial charge is 0.456 e. The third kappa shape index (κ3) is 9.88. The minimum absolute atomic E-state index is 0.579. The highest BCUT2D eigenvalue weighted by Crippen LogP contribution is 2.45. The molecule has 12 heteroatoms. The molecule has 0 aliphatic rings. The second-order valence-corrected chi connectivity index (χ2v) is 28.2. The highest BCUT2D eigenvalue weighted by Gasteiger charge is 2.24. The molecule has 0 aliphatic heterocycles. The minimum atomic E-state index is 0.579. The van der Waals surface area contributed by atoms with E-state index in [1.54, 1.807) is 11.3 Å². The maximum absolute atomic E-state index is 6.45. The minimum Gasteiger partial charge on any atom is -0.456 e. The summed E-state index contributed by atoms with van der Waals surface area (Å²) < 4.78 is 26.1. The van der Waals surface area contributed by atoms with Crippen molar-refractivity contribution in [1.82, 2.24) is 39.0 Å². The van der Waals surface area contributed by atoms with Crippen molar-refractivity contribution in [1.29, 1.82) is 0 Å². The topological polar surface area (TPSA) is 127 Å². The van der Waals surface area contributed by atoms with Crippen LogP contribution in [0.4, 0.5) is 0 Å². The number of hydrogen-bond donors (Lipinski definition) is 0. The van der Waals surface area contributed by atoms with Gasteiger partial charge in [-0.1, -0.05) is 255 Å². The van der Waals surface area contributed by atoms with Crippen molar-refractivity contribution in [2.75, 3.05) is 0 Å². The first-order valence-corrected chi connectivity index (χ1v) is 36.8. The van der Waals surface area contributed by atoms with Crippen LogP contribution in [0.2, 0.25) is 0 Å². The summed E-state index contributed by atoms with van der Waals surface area (Å²) in [5.41, 5.74) is 19.5. The van der Waals surface area contributed by atoms with Gasteiger partial charge in [0.25, 0.3) is 0 Å². The number of furan rings is 3. The number of nitrogens with zero attached hydrogens (tertiary/aromatic N) is 8. The summed E-state index contributed by atoms with van der Waals surface area (Å²) in [6.07, 6.45) is 0. The molecule has 504 valence electrons. The van der Waals surface area contributed by atoms with Gasteiger partial charge < -0.3 is 17.8 Å². The molecule has 0 unspecified atom stereocenters. The van der Waals surface area contributed by atoms with Crippen LogP contribution in [0.1, 0.15) is 0 Å². The van der Waals surface area contributed by atoms with E-state index in [2.05, 4.69) is 246 Å². The van der Waals surface area contributed by atoms with Gasteiger partial charge in [0.1, 0.15) is 33.5 Å². The van der Waals surface area contributed by atoms with Gasteiger partial charge in [-0.25, -0.2) is 19.9 Å². The monoisotopic (exact) mass is 1400 g/mol. The Bertz CT molecular complexity index is 7590. The molecule has 0 aliphatic carbocycles. The van der Waals surface area contributed by atoms with Crippen LogP contribution in [0.15, 0.2) is 353 Å². The fraction of sp³-hybridized carbons (Fsp3) is 0. The quantitative estimate of drug-likeness (QED) is 0.139. The maximum Gasteiger partial charge on any atom is 0.238 e. The molecular formula is C96H56N8O3S. The van der Waals surface area contributed by atoms with E-state index in [4.69, 9.17) is 43.2 Å². The Morgan fingerprint density at radius 2 is 0.648 bits per heavy atom. The molecule has 0 radical (unpaired) electrons. The standard InChI is InChI=1S/C51H30N4O2.C45H26N4OS/c1-2-13-31(14-3-1)49-52-50(54-51(53-49)40-22-12-26-46-47(40)39-19-6-9-25-45(39)56-46)33-15-10-16-34(29-33)55-42-23-7-4-17-36(42)41-30-32(27-28-43(41)55)35-20-11-21-38-37-18-5-8-24-44(37)57-48(35)38;1-2-12-27(13-3-1)43-46-44(35-20-11-19-34-32-16-6-9-23-40(32)51-42(34)35)48-45(47-43)49-37-21-7-4-14-30(37)36-26-28(24-25-38(36)49)29-17-10-18-33-31-15-5-8-22-39(31)50-41(29)33/h1-30H;1-26H. The maximum atomic E-state index is 6.45. The van der Waals surface area contributed by atoms with E-state index in [0.717, 1.165) is 160 Å². The molecule has 0 spiro atoms. The third-order valence-corrected chi connectivity index (χ3v) is 22.2. The van der Waals surface area contributed by atoms with E-state index in [0.29, 0.717) is 35.1 Å². The first kappa shape index (κ1) is 61.1. The second kappa shape index (κ2) is 24.6. The van der Waals surface area contributed by atoms with Gasteiger partial charge in [-0.05, 0) is 96.1 Å². The van der Waals surface area contributed by atoms with E-state index in [9.17, 15) is 0 Å². The van der Waals surface area contributed by atoms with Crippen LogP contribution in [-0.2, 0) is 0 Å². The molecule has 23 aromatic rings. The lowest BCUT2D eigenvalue weighted by Crippen LogP contribution is -2.06. The molecule has 0 atom stereocenters. The highest BCUT2D eigenvalue weighted by molar-refractivity contribution is 7.26. The van der Waals surface area contributed by atoms with Gasteiger partial charge in [0, 0.05) is 119 Å². The Morgan fingerprint density at radius 3 is 1.29 bits per heavy atom. The molecule has 108 heavy (non-hydrogen) atoms. The van der Waals surface area contributed by atoms with Gasteiger partial charge >= 0.3 is 0 Å². The van der Waals surface area contributed by atoms with Gasteiger partial charge in [-0.2, -0.15) is 9.97 Å². The lowest BCUT2D eigenvalue weighted by Gasteiger charge is -2.12. The summed E-state index contributed by atoms with van der Waals surface area (Å²) in [5.74, 6) is 3.64. The molecule has 11 nitrogen and oxygen atoms in total. The molecule has 8 heterocycles. The third-order valence-electron chi connectivity index (χ3n) is 20.9. The first-order valence-electron chi connectivity index (χ1n) is 36.0. The normalized spacial score (nSPS) is 11.9. The molecule has 23 rings (SSSR count). The lowest BCUT2D eigenvalue weighted by atomic mass is 10.0. The van der Waals surface area contributed by atoms with E-state index < -0.39 is 0 Å². The summed E-state index contributed by atoms with van der Waals surface area (Å²) in [5, 5.41) is 13.5. The van der Waals surface area contributed by atoms with Crippen LogP contribution in [0, 0.1) is 0 Å².